The van der Waals surface area contributed by atoms with Gasteiger partial charge in [-0.15, -0.1) is 23.1 Å². The molecule has 0 bridgehead atoms. The lowest BCUT2D eigenvalue weighted by molar-refractivity contribution is -0.115. The fourth-order valence-corrected chi connectivity index (χ4v) is 4.13. The lowest BCUT2D eigenvalue weighted by atomic mass is 10.1. The van der Waals surface area contributed by atoms with Gasteiger partial charge in [-0.05, 0) is 48.9 Å². The van der Waals surface area contributed by atoms with E-state index in [9.17, 15) is 9.18 Å². The number of benzene rings is 2. The molecule has 7 heteroatoms. The number of halogens is 1. The van der Waals surface area contributed by atoms with Gasteiger partial charge in [-0.1, -0.05) is 12.1 Å². The van der Waals surface area contributed by atoms with Crippen molar-refractivity contribution in [1.82, 2.24) is 4.98 Å². The first kappa shape index (κ1) is 19.4. The first-order chi connectivity index (χ1) is 13.0. The maximum absolute atomic E-state index is 13.3. The zero-order chi connectivity index (χ0) is 19.2. The van der Waals surface area contributed by atoms with E-state index in [1.807, 2.05) is 37.3 Å². The molecule has 0 fully saturated rings. The van der Waals surface area contributed by atoms with Gasteiger partial charge >= 0.3 is 0 Å². The van der Waals surface area contributed by atoms with Crippen LogP contribution in [-0.4, -0.2) is 23.3 Å². The largest absolute Gasteiger partial charge is 0.497 e. The first-order valence-electron chi connectivity index (χ1n) is 8.34. The zero-order valence-electron chi connectivity index (χ0n) is 14.9. The molecule has 1 amide bonds. The van der Waals surface area contributed by atoms with Crippen molar-refractivity contribution in [1.29, 1.82) is 0 Å². The van der Waals surface area contributed by atoms with Crippen LogP contribution in [0.1, 0.15) is 17.4 Å². The molecule has 1 atom stereocenters. The Morgan fingerprint density at radius 1 is 1.30 bits per heavy atom. The summed E-state index contributed by atoms with van der Waals surface area (Å²) in [6.07, 6.45) is 2.30. The van der Waals surface area contributed by atoms with Gasteiger partial charge in [0, 0.05) is 22.4 Å². The Morgan fingerprint density at radius 2 is 2.07 bits per heavy atom. The number of anilines is 1. The zero-order valence-corrected chi connectivity index (χ0v) is 16.6. The topological polar surface area (TPSA) is 51.2 Å². The van der Waals surface area contributed by atoms with Crippen LogP contribution in [0.4, 0.5) is 9.52 Å². The average Bonchev–Trinajstić information content (AvgIpc) is 3.09. The van der Waals surface area contributed by atoms with E-state index in [0.717, 1.165) is 21.1 Å². The molecule has 0 aliphatic carbocycles. The van der Waals surface area contributed by atoms with Crippen molar-refractivity contribution in [2.45, 2.75) is 23.5 Å². The molecular weight excluding hydrogens is 383 g/mol. The molecule has 0 radical (unpaired) electrons. The number of thioether (sulfide) groups is 1. The van der Waals surface area contributed by atoms with Crippen LogP contribution in [0, 0.1) is 5.82 Å². The van der Waals surface area contributed by atoms with Crippen molar-refractivity contribution in [3.05, 3.63) is 71.0 Å². The number of rotatable bonds is 7. The number of nitrogens with zero attached hydrogens (tertiary/aromatic N) is 1. The molecule has 140 valence electrons. The number of carbonyl (C=O) groups excluding carboxylic acids is 1. The minimum Gasteiger partial charge on any atom is -0.497 e. The molecule has 1 heterocycles. The van der Waals surface area contributed by atoms with Crippen LogP contribution in [0.3, 0.4) is 0 Å². The van der Waals surface area contributed by atoms with Crippen molar-refractivity contribution in [3.8, 4) is 5.75 Å². The van der Waals surface area contributed by atoms with E-state index in [0.29, 0.717) is 11.6 Å². The summed E-state index contributed by atoms with van der Waals surface area (Å²) in [7, 11) is 1.62. The second-order valence-corrected chi connectivity index (χ2v) is 8.39. The van der Waals surface area contributed by atoms with Crippen LogP contribution < -0.4 is 10.1 Å². The third-order valence-corrected chi connectivity index (χ3v) is 5.82. The Morgan fingerprint density at radius 3 is 2.78 bits per heavy atom. The first-order valence-corrected chi connectivity index (χ1v) is 10.0. The monoisotopic (exact) mass is 402 g/mol. The second kappa shape index (κ2) is 9.01. The molecular formula is C20H19FN2O2S2. The molecule has 0 saturated carbocycles. The van der Waals surface area contributed by atoms with E-state index in [2.05, 4.69) is 10.3 Å². The summed E-state index contributed by atoms with van der Waals surface area (Å²) in [6, 6.07) is 14.1. The number of thiazole rings is 1. The van der Waals surface area contributed by atoms with E-state index < -0.39 is 0 Å². The van der Waals surface area contributed by atoms with Crippen LogP contribution in [0.25, 0.3) is 0 Å². The summed E-state index contributed by atoms with van der Waals surface area (Å²) in [5.41, 5.74) is 0.875. The molecule has 2 aromatic carbocycles. The molecule has 1 aromatic heterocycles. The Hall–Kier alpha value is -2.38. The van der Waals surface area contributed by atoms with Crippen LogP contribution in [0.2, 0.25) is 0 Å². The predicted octanol–water partition coefficient (Wildman–Crippen LogP) is 5.00. The van der Waals surface area contributed by atoms with Gasteiger partial charge in [0.05, 0.1) is 12.4 Å². The molecule has 3 rings (SSSR count). The Kier molecular flexibility index (Phi) is 6.47. The SMILES string of the molecule is COc1ccc(SC(C)C(=O)Nc2ncc(Cc3cccc(F)c3)s2)cc1. The van der Waals surface area contributed by atoms with Gasteiger partial charge < -0.3 is 10.1 Å². The van der Waals surface area contributed by atoms with Crippen LogP contribution in [0.15, 0.2) is 59.6 Å². The van der Waals surface area contributed by atoms with Gasteiger partial charge in [0.15, 0.2) is 5.13 Å². The molecule has 0 aliphatic heterocycles. The summed E-state index contributed by atoms with van der Waals surface area (Å²) < 4.78 is 18.4. The fraction of sp³-hybridized carbons (Fsp3) is 0.200. The van der Waals surface area contributed by atoms with Crippen LogP contribution in [-0.2, 0) is 11.2 Å². The van der Waals surface area contributed by atoms with Crippen molar-refractivity contribution in [2.24, 2.45) is 0 Å². The second-order valence-electron chi connectivity index (χ2n) is 5.86. The Bertz CT molecular complexity index is 912. The highest BCUT2D eigenvalue weighted by molar-refractivity contribution is 8.00. The molecule has 1 unspecified atom stereocenters. The highest BCUT2D eigenvalue weighted by Gasteiger charge is 2.16. The van der Waals surface area contributed by atoms with Gasteiger partial charge in [0.2, 0.25) is 5.91 Å². The maximum Gasteiger partial charge on any atom is 0.239 e. The van der Waals surface area contributed by atoms with Crippen LogP contribution in [0.5, 0.6) is 5.75 Å². The number of hydrogen-bond acceptors (Lipinski definition) is 5. The van der Waals surface area contributed by atoms with Gasteiger partial charge in [-0.3, -0.25) is 4.79 Å². The van der Waals surface area contributed by atoms with Crippen molar-refractivity contribution < 1.29 is 13.9 Å². The highest BCUT2D eigenvalue weighted by Crippen LogP contribution is 2.27. The quantitative estimate of drug-likeness (QED) is 0.565. The normalized spacial score (nSPS) is 11.8. The number of hydrogen-bond donors (Lipinski definition) is 1. The number of methoxy groups -OCH3 is 1. The van der Waals surface area contributed by atoms with Crippen molar-refractivity contribution in [3.63, 3.8) is 0 Å². The van der Waals surface area contributed by atoms with E-state index in [-0.39, 0.29) is 17.0 Å². The standard InChI is InChI=1S/C20H19FN2O2S2/c1-13(26-17-8-6-16(25-2)7-9-17)19(24)23-20-22-12-18(27-20)11-14-4-3-5-15(21)10-14/h3-10,12-13H,11H2,1-2H3,(H,22,23,24). The van der Waals surface area contributed by atoms with E-state index in [1.54, 1.807) is 19.4 Å². The summed E-state index contributed by atoms with van der Waals surface area (Å²) in [5, 5.41) is 3.13. The van der Waals surface area contributed by atoms with Crippen molar-refractivity contribution >= 4 is 34.1 Å². The predicted molar refractivity (Wildman–Crippen MR) is 108 cm³/mol. The molecule has 0 spiro atoms. The number of nitrogens with one attached hydrogen (secondary N) is 1. The van der Waals surface area contributed by atoms with E-state index >= 15 is 0 Å². The van der Waals surface area contributed by atoms with Crippen molar-refractivity contribution in [2.75, 3.05) is 12.4 Å². The highest BCUT2D eigenvalue weighted by atomic mass is 32.2. The third kappa shape index (κ3) is 5.55. The summed E-state index contributed by atoms with van der Waals surface area (Å²) in [6.45, 7) is 1.85. The third-order valence-electron chi connectivity index (χ3n) is 3.79. The molecule has 0 aliphatic rings. The Labute approximate surface area is 165 Å². The van der Waals surface area contributed by atoms with E-state index in [1.165, 1.54) is 35.2 Å². The minimum atomic E-state index is -0.269. The minimum absolute atomic E-state index is 0.109. The molecule has 27 heavy (non-hydrogen) atoms. The van der Waals surface area contributed by atoms with Gasteiger partial charge in [-0.25, -0.2) is 9.37 Å². The maximum atomic E-state index is 13.3. The molecule has 4 nitrogen and oxygen atoms in total. The van der Waals surface area contributed by atoms with Gasteiger partial charge in [0.1, 0.15) is 11.6 Å². The summed E-state index contributed by atoms with van der Waals surface area (Å²) in [4.78, 5) is 18.6. The number of aromatic nitrogens is 1. The van der Waals surface area contributed by atoms with E-state index in [4.69, 9.17) is 4.74 Å². The average molecular weight is 403 g/mol. The van der Waals surface area contributed by atoms with Gasteiger partial charge in [0.25, 0.3) is 0 Å². The van der Waals surface area contributed by atoms with Gasteiger partial charge in [-0.2, -0.15) is 0 Å². The number of ether oxygens (including phenoxy) is 1. The molecule has 3 aromatic rings. The lowest BCUT2D eigenvalue weighted by Gasteiger charge is -2.10. The molecule has 0 saturated heterocycles. The summed E-state index contributed by atoms with van der Waals surface area (Å²) in [5.74, 6) is 0.419. The smallest absolute Gasteiger partial charge is 0.239 e. The fourth-order valence-electron chi connectivity index (χ4n) is 2.41. The van der Waals surface area contributed by atoms with Crippen LogP contribution >= 0.6 is 23.1 Å². The lowest BCUT2D eigenvalue weighted by Crippen LogP contribution is -2.22. The number of amides is 1. The Balaban J connectivity index is 1.56. The number of carbonyl (C=O) groups is 1. The summed E-state index contributed by atoms with van der Waals surface area (Å²) >= 11 is 2.87. The molecule has 1 N–H and O–H groups in total.